The van der Waals surface area contributed by atoms with E-state index in [9.17, 15) is 10.1 Å². The highest BCUT2D eigenvalue weighted by molar-refractivity contribution is 7.73. The molecule has 1 fully saturated rings. The summed E-state index contributed by atoms with van der Waals surface area (Å²) < 4.78 is 13.4. The van der Waals surface area contributed by atoms with Gasteiger partial charge < -0.3 is 4.74 Å². The number of benzene rings is 1. The van der Waals surface area contributed by atoms with Gasteiger partial charge in [-0.3, -0.25) is 19.8 Å². The molecular formula is C23H33N4O3P. The summed E-state index contributed by atoms with van der Waals surface area (Å²) in [6.07, 6.45) is 8.25. The molecule has 0 saturated carbocycles. The second-order valence-corrected chi connectivity index (χ2v) is 12.6. The number of ether oxygens (including phenoxy) is 1. The van der Waals surface area contributed by atoms with Crippen molar-refractivity contribution in [2.24, 2.45) is 4.74 Å². The van der Waals surface area contributed by atoms with Crippen LogP contribution in [0.1, 0.15) is 53.4 Å². The maximum absolute atomic E-state index is 12.0. The molecule has 1 aliphatic rings. The summed E-state index contributed by atoms with van der Waals surface area (Å²) in [7, 11) is -2.38. The third-order valence-electron chi connectivity index (χ3n) is 5.66. The molecule has 7 nitrogen and oxygen atoms in total. The van der Waals surface area contributed by atoms with Gasteiger partial charge >= 0.3 is 0 Å². The van der Waals surface area contributed by atoms with Crippen LogP contribution in [-0.2, 0) is 0 Å². The molecule has 1 aromatic carbocycles. The lowest BCUT2D eigenvalue weighted by Gasteiger charge is -2.45. The Hall–Kier alpha value is -2.24. The zero-order chi connectivity index (χ0) is 22.5. The second kappa shape index (κ2) is 9.92. The molecule has 0 N–H and O–H groups in total. The van der Waals surface area contributed by atoms with E-state index in [4.69, 9.17) is 9.48 Å². The fraction of sp³-hybridized carbons (Fsp3) is 0.522. The van der Waals surface area contributed by atoms with Gasteiger partial charge in [0.05, 0.1) is 24.8 Å². The van der Waals surface area contributed by atoms with E-state index in [1.807, 2.05) is 19.1 Å². The van der Waals surface area contributed by atoms with Gasteiger partial charge in [0, 0.05) is 35.9 Å². The lowest BCUT2D eigenvalue weighted by molar-refractivity contribution is -0.384. The first-order valence-corrected chi connectivity index (χ1v) is 12.7. The van der Waals surface area contributed by atoms with E-state index in [0.29, 0.717) is 18.0 Å². The molecule has 1 aliphatic heterocycles. The molecule has 1 aromatic heterocycles. The van der Waals surface area contributed by atoms with Crippen molar-refractivity contribution in [3.63, 3.8) is 0 Å². The Kier molecular flexibility index (Phi) is 7.50. The largest absolute Gasteiger partial charge is 0.494 e. The molecule has 1 saturated heterocycles. The highest BCUT2D eigenvalue weighted by atomic mass is 31.2. The number of nitro groups is 1. The molecule has 0 amide bonds. The van der Waals surface area contributed by atoms with Crippen molar-refractivity contribution in [1.29, 1.82) is 0 Å². The minimum Gasteiger partial charge on any atom is -0.494 e. The second-order valence-electron chi connectivity index (χ2n) is 8.79. The van der Waals surface area contributed by atoms with Gasteiger partial charge in [0.15, 0.2) is 0 Å². The zero-order valence-electron chi connectivity index (χ0n) is 19.0. The molecule has 3 rings (SSSR count). The average Bonchev–Trinajstić information content (AvgIpc) is 3.02. The fourth-order valence-electron chi connectivity index (χ4n) is 4.29. The number of nitro benzene ring substituents is 1. The van der Waals surface area contributed by atoms with Crippen molar-refractivity contribution in [3.8, 4) is 5.75 Å². The smallest absolute Gasteiger partial charge is 0.298 e. The van der Waals surface area contributed by atoms with Gasteiger partial charge in [-0.2, -0.15) is 0 Å². The van der Waals surface area contributed by atoms with E-state index < -0.39 is 7.21 Å². The minimum absolute atomic E-state index is 0.0107. The quantitative estimate of drug-likeness (QED) is 0.304. The van der Waals surface area contributed by atoms with E-state index in [1.165, 1.54) is 18.9 Å². The van der Waals surface area contributed by atoms with Gasteiger partial charge in [-0.05, 0) is 44.0 Å². The van der Waals surface area contributed by atoms with E-state index in [1.54, 1.807) is 24.5 Å². The minimum atomic E-state index is -2.38. The highest BCUT2D eigenvalue weighted by Gasteiger charge is 2.41. The first kappa shape index (κ1) is 23.4. The van der Waals surface area contributed by atoms with Crippen LogP contribution in [0.25, 0.3) is 0 Å². The summed E-state index contributed by atoms with van der Waals surface area (Å²) in [4.78, 5) is 15.8. The van der Waals surface area contributed by atoms with Crippen LogP contribution >= 0.6 is 7.21 Å². The Labute approximate surface area is 185 Å². The zero-order valence-corrected chi connectivity index (χ0v) is 19.8. The van der Waals surface area contributed by atoms with Gasteiger partial charge in [0.1, 0.15) is 11.4 Å². The van der Waals surface area contributed by atoms with Crippen LogP contribution in [0.4, 0.5) is 11.4 Å². The number of hydrogen-bond donors (Lipinski definition) is 0. The van der Waals surface area contributed by atoms with Gasteiger partial charge in [-0.25, -0.2) is 4.74 Å². The number of rotatable bonds is 6. The predicted molar refractivity (Wildman–Crippen MR) is 127 cm³/mol. The molecule has 0 aliphatic carbocycles. The molecular weight excluding hydrogens is 411 g/mol. The Balaban J connectivity index is 2.33. The van der Waals surface area contributed by atoms with Crippen LogP contribution in [-0.4, -0.2) is 39.4 Å². The molecule has 2 heterocycles. The van der Waals surface area contributed by atoms with E-state index in [-0.39, 0.29) is 15.8 Å². The molecule has 168 valence electrons. The molecule has 0 bridgehead atoms. The summed E-state index contributed by atoms with van der Waals surface area (Å²) in [5.74, 6) is 0.492. The standard InChI is InChI=1S/C23H33N4O3P/c1-5-30-19-10-11-21(22(18-19)27(28)29)25-31(23(2,3)4,20-12-14-24-15-13-20)26-16-8-6-7-9-17-26/h10-15,18H,5-9,16-17H2,1-4H3/t31-/m0/s1. The monoisotopic (exact) mass is 444 g/mol. The predicted octanol–water partition coefficient (Wildman–Crippen LogP) is 6.14. The van der Waals surface area contributed by atoms with Gasteiger partial charge in [0.2, 0.25) is 0 Å². The van der Waals surface area contributed by atoms with Gasteiger partial charge in [-0.15, -0.1) is 0 Å². The van der Waals surface area contributed by atoms with Crippen LogP contribution < -0.4 is 10.0 Å². The SMILES string of the molecule is CCOc1ccc(N=[P@@](c2ccncc2)(N2CCCCCC2)C(C)(C)C)c([N+](=O)[O-])c1. The molecule has 8 heteroatoms. The van der Waals surface area contributed by atoms with Crippen molar-refractivity contribution in [2.45, 2.75) is 58.5 Å². The average molecular weight is 445 g/mol. The van der Waals surface area contributed by atoms with Crippen LogP contribution in [0.2, 0.25) is 0 Å². The summed E-state index contributed by atoms with van der Waals surface area (Å²) >= 11 is 0. The number of nitrogens with zero attached hydrogens (tertiary/aromatic N) is 4. The van der Waals surface area contributed by atoms with Crippen LogP contribution in [0.15, 0.2) is 47.5 Å². The van der Waals surface area contributed by atoms with Gasteiger partial charge in [-0.1, -0.05) is 33.6 Å². The molecule has 0 radical (unpaired) electrons. The van der Waals surface area contributed by atoms with Crippen LogP contribution in [0.3, 0.4) is 0 Å². The molecule has 2 aromatic rings. The van der Waals surface area contributed by atoms with Crippen molar-refractivity contribution in [1.82, 2.24) is 9.65 Å². The maximum atomic E-state index is 12.0. The first-order valence-electron chi connectivity index (χ1n) is 11.0. The Morgan fingerprint density at radius 2 is 1.77 bits per heavy atom. The Morgan fingerprint density at radius 3 is 2.32 bits per heavy atom. The topological polar surface area (TPSA) is 80.9 Å². The van der Waals surface area contributed by atoms with Crippen molar-refractivity contribution in [3.05, 3.63) is 52.8 Å². The summed E-state index contributed by atoms with van der Waals surface area (Å²) in [6.45, 7) is 10.8. The Morgan fingerprint density at radius 1 is 1.13 bits per heavy atom. The van der Waals surface area contributed by atoms with Crippen molar-refractivity contribution < 1.29 is 9.66 Å². The summed E-state index contributed by atoms with van der Waals surface area (Å²) in [5.41, 5.74) is 0.404. The molecule has 31 heavy (non-hydrogen) atoms. The normalized spacial score (nSPS) is 17.4. The number of aromatic nitrogens is 1. The number of hydrogen-bond acceptors (Lipinski definition) is 5. The molecule has 0 unspecified atom stereocenters. The maximum Gasteiger partial charge on any atom is 0.298 e. The first-order chi connectivity index (χ1) is 14.8. The lowest BCUT2D eigenvalue weighted by atomic mass is 10.2. The van der Waals surface area contributed by atoms with E-state index in [0.717, 1.165) is 31.2 Å². The highest BCUT2D eigenvalue weighted by Crippen LogP contribution is 2.65. The third kappa shape index (κ3) is 4.99. The fourth-order valence-corrected chi connectivity index (χ4v) is 8.67. The summed E-state index contributed by atoms with van der Waals surface area (Å²) in [5, 5.41) is 12.9. The Bertz CT molecular complexity index is 949. The summed E-state index contributed by atoms with van der Waals surface area (Å²) in [6, 6.07) is 9.08. The van der Waals surface area contributed by atoms with Gasteiger partial charge in [0.25, 0.3) is 5.69 Å². The van der Waals surface area contributed by atoms with E-state index in [2.05, 4.69) is 30.4 Å². The van der Waals surface area contributed by atoms with Crippen molar-refractivity contribution in [2.75, 3.05) is 19.7 Å². The van der Waals surface area contributed by atoms with Crippen LogP contribution in [0.5, 0.6) is 5.75 Å². The van der Waals surface area contributed by atoms with E-state index >= 15 is 0 Å². The van der Waals surface area contributed by atoms with Crippen LogP contribution in [0, 0.1) is 10.1 Å². The number of pyridine rings is 1. The third-order valence-corrected chi connectivity index (χ3v) is 10.3. The van der Waals surface area contributed by atoms with Crippen molar-refractivity contribution >= 4 is 23.9 Å². The molecule has 1 atom stereocenters. The molecule has 0 spiro atoms. The lowest BCUT2D eigenvalue weighted by Crippen LogP contribution is -2.37.